The van der Waals surface area contributed by atoms with Gasteiger partial charge in [0.15, 0.2) is 5.78 Å². The van der Waals surface area contributed by atoms with Crippen LogP contribution in [0.25, 0.3) is 0 Å². The highest BCUT2D eigenvalue weighted by Gasteiger charge is 2.34. The summed E-state index contributed by atoms with van der Waals surface area (Å²) in [4.78, 5) is 27.9. The highest BCUT2D eigenvalue weighted by atomic mass is 32.2. The van der Waals surface area contributed by atoms with Gasteiger partial charge >= 0.3 is 0 Å². The van der Waals surface area contributed by atoms with Crippen molar-refractivity contribution in [1.82, 2.24) is 0 Å². The van der Waals surface area contributed by atoms with E-state index >= 15 is 0 Å². The molecule has 0 saturated carbocycles. The van der Waals surface area contributed by atoms with Crippen LogP contribution in [-0.4, -0.2) is 17.4 Å². The number of rotatable bonds is 4. The zero-order valence-electron chi connectivity index (χ0n) is 13.3. The third-order valence-electron chi connectivity index (χ3n) is 4.10. The number of anilines is 1. The van der Waals surface area contributed by atoms with Crippen molar-refractivity contribution in [2.45, 2.75) is 5.37 Å². The van der Waals surface area contributed by atoms with Crippen molar-refractivity contribution in [1.29, 1.82) is 0 Å². The molecule has 1 unspecified atom stereocenters. The number of amides is 1. The lowest BCUT2D eigenvalue weighted by Crippen LogP contribution is -2.27. The van der Waals surface area contributed by atoms with Gasteiger partial charge in [-0.15, -0.1) is 23.1 Å². The van der Waals surface area contributed by atoms with Crippen LogP contribution in [0.5, 0.6) is 0 Å². The molecule has 0 aliphatic carbocycles. The molecule has 3 aromatic rings. The Bertz CT molecular complexity index is 889. The molecule has 0 radical (unpaired) electrons. The number of thioether (sulfide) groups is 1. The van der Waals surface area contributed by atoms with Crippen LogP contribution < -0.4 is 4.90 Å². The summed E-state index contributed by atoms with van der Waals surface area (Å²) in [6.45, 7) is 0. The van der Waals surface area contributed by atoms with Gasteiger partial charge in [-0.3, -0.25) is 14.5 Å². The zero-order chi connectivity index (χ0) is 17.2. The molecule has 1 saturated heterocycles. The second kappa shape index (κ2) is 6.86. The van der Waals surface area contributed by atoms with Crippen molar-refractivity contribution in [3.63, 3.8) is 0 Å². The van der Waals surface area contributed by atoms with E-state index in [1.54, 1.807) is 35.2 Å². The third kappa shape index (κ3) is 3.13. The van der Waals surface area contributed by atoms with Gasteiger partial charge in [0.1, 0.15) is 5.37 Å². The van der Waals surface area contributed by atoms with Crippen molar-refractivity contribution < 1.29 is 9.59 Å². The summed E-state index contributed by atoms with van der Waals surface area (Å²) >= 11 is 3.30. The Morgan fingerprint density at radius 3 is 2.32 bits per heavy atom. The molecule has 2 heterocycles. The quantitative estimate of drug-likeness (QED) is 0.626. The highest BCUT2D eigenvalue weighted by Crippen LogP contribution is 2.43. The number of thiophene rings is 1. The van der Waals surface area contributed by atoms with Crippen LogP contribution in [0.1, 0.15) is 26.2 Å². The number of ketones is 1. The minimum absolute atomic E-state index is 0.0101. The smallest absolute Gasteiger partial charge is 0.238 e. The molecular weight excluding hydrogens is 350 g/mol. The SMILES string of the molecule is O=C(c1ccccc1)c1ccc(N2C(=O)CSC2c2cccs2)cc1. The lowest BCUT2D eigenvalue weighted by Gasteiger charge is -2.23. The predicted octanol–water partition coefficient (Wildman–Crippen LogP) is 4.76. The minimum atomic E-state index is -0.0101. The van der Waals surface area contributed by atoms with Crippen LogP contribution in [0, 0.1) is 0 Å². The molecule has 1 atom stereocenters. The van der Waals surface area contributed by atoms with E-state index in [-0.39, 0.29) is 17.1 Å². The zero-order valence-corrected chi connectivity index (χ0v) is 14.9. The summed E-state index contributed by atoms with van der Waals surface area (Å²) in [6.07, 6.45) is 0. The van der Waals surface area contributed by atoms with Crippen molar-refractivity contribution in [2.24, 2.45) is 0 Å². The first kappa shape index (κ1) is 16.1. The largest absolute Gasteiger partial charge is 0.294 e. The average molecular weight is 365 g/mol. The van der Waals surface area contributed by atoms with Crippen LogP contribution in [0.4, 0.5) is 5.69 Å². The molecule has 2 aromatic carbocycles. The number of carbonyl (C=O) groups is 2. The Balaban J connectivity index is 1.61. The van der Waals surface area contributed by atoms with Gasteiger partial charge in [-0.1, -0.05) is 36.4 Å². The molecule has 124 valence electrons. The molecule has 0 N–H and O–H groups in total. The molecule has 1 amide bonds. The predicted molar refractivity (Wildman–Crippen MR) is 103 cm³/mol. The molecule has 25 heavy (non-hydrogen) atoms. The monoisotopic (exact) mass is 365 g/mol. The van der Waals surface area contributed by atoms with E-state index < -0.39 is 0 Å². The second-order valence-corrected chi connectivity index (χ2v) is 7.73. The van der Waals surface area contributed by atoms with Crippen LogP contribution in [0.2, 0.25) is 0 Å². The minimum Gasteiger partial charge on any atom is -0.294 e. The van der Waals surface area contributed by atoms with Gasteiger partial charge < -0.3 is 0 Å². The molecule has 0 bridgehead atoms. The maximum absolute atomic E-state index is 12.5. The Morgan fingerprint density at radius 2 is 1.64 bits per heavy atom. The van der Waals surface area contributed by atoms with Crippen molar-refractivity contribution in [3.8, 4) is 0 Å². The van der Waals surface area contributed by atoms with E-state index in [9.17, 15) is 9.59 Å². The van der Waals surface area contributed by atoms with E-state index in [1.165, 1.54) is 4.88 Å². The standard InChI is InChI=1S/C20H15NO2S2/c22-18-13-25-20(17-7-4-12-24-17)21(18)16-10-8-15(9-11-16)19(23)14-5-2-1-3-6-14/h1-12,20H,13H2. The summed E-state index contributed by atoms with van der Waals surface area (Å²) in [5.41, 5.74) is 2.12. The van der Waals surface area contributed by atoms with E-state index in [2.05, 4.69) is 6.07 Å². The van der Waals surface area contributed by atoms with Gasteiger partial charge in [-0.2, -0.15) is 0 Å². The van der Waals surface area contributed by atoms with E-state index in [4.69, 9.17) is 0 Å². The maximum Gasteiger partial charge on any atom is 0.238 e. The normalized spacial score (nSPS) is 17.0. The molecule has 1 aliphatic rings. The number of nitrogens with zero attached hydrogens (tertiary/aromatic N) is 1. The number of hydrogen-bond acceptors (Lipinski definition) is 4. The molecular formula is C20H15NO2S2. The summed E-state index contributed by atoms with van der Waals surface area (Å²) in [5, 5.41) is 2.04. The molecule has 1 aromatic heterocycles. The number of benzene rings is 2. The van der Waals surface area contributed by atoms with Crippen LogP contribution >= 0.6 is 23.1 Å². The Morgan fingerprint density at radius 1 is 0.920 bits per heavy atom. The van der Waals surface area contributed by atoms with Gasteiger partial charge in [-0.05, 0) is 35.7 Å². The van der Waals surface area contributed by atoms with Gasteiger partial charge in [0, 0.05) is 21.7 Å². The van der Waals surface area contributed by atoms with Crippen molar-refractivity contribution in [3.05, 3.63) is 88.1 Å². The maximum atomic E-state index is 12.5. The van der Waals surface area contributed by atoms with Gasteiger partial charge in [0.05, 0.1) is 5.75 Å². The first-order chi connectivity index (χ1) is 12.2. The van der Waals surface area contributed by atoms with E-state index in [1.807, 2.05) is 58.8 Å². The van der Waals surface area contributed by atoms with E-state index in [0.717, 1.165) is 5.69 Å². The van der Waals surface area contributed by atoms with E-state index in [0.29, 0.717) is 16.9 Å². The fraction of sp³-hybridized carbons (Fsp3) is 0.100. The molecule has 5 heteroatoms. The van der Waals surface area contributed by atoms with Gasteiger partial charge in [0.25, 0.3) is 0 Å². The molecule has 0 spiro atoms. The molecule has 1 aliphatic heterocycles. The first-order valence-corrected chi connectivity index (χ1v) is 9.84. The Kier molecular flexibility index (Phi) is 4.42. The Labute approximate surface area is 154 Å². The molecule has 1 fully saturated rings. The number of carbonyl (C=O) groups excluding carboxylic acids is 2. The van der Waals surface area contributed by atoms with Gasteiger partial charge in [0.2, 0.25) is 5.91 Å². The lowest BCUT2D eigenvalue weighted by atomic mass is 10.0. The summed E-state index contributed by atoms with van der Waals surface area (Å²) in [5.74, 6) is 0.572. The topological polar surface area (TPSA) is 37.4 Å². The molecule has 3 nitrogen and oxygen atoms in total. The highest BCUT2D eigenvalue weighted by molar-refractivity contribution is 8.01. The van der Waals surface area contributed by atoms with Crippen LogP contribution in [0.15, 0.2) is 72.1 Å². The number of hydrogen-bond donors (Lipinski definition) is 0. The van der Waals surface area contributed by atoms with Gasteiger partial charge in [-0.25, -0.2) is 0 Å². The Hall–Kier alpha value is -2.37. The fourth-order valence-electron chi connectivity index (χ4n) is 2.88. The van der Waals surface area contributed by atoms with Crippen LogP contribution in [0.3, 0.4) is 0 Å². The van der Waals surface area contributed by atoms with Crippen molar-refractivity contribution >= 4 is 40.5 Å². The summed E-state index contributed by atoms with van der Waals surface area (Å²) in [6, 6.07) is 20.6. The van der Waals surface area contributed by atoms with Crippen LogP contribution in [-0.2, 0) is 4.79 Å². The molecule has 4 rings (SSSR count). The average Bonchev–Trinajstić information content (AvgIpc) is 3.31. The fourth-order valence-corrected chi connectivity index (χ4v) is 5.01. The lowest BCUT2D eigenvalue weighted by molar-refractivity contribution is -0.115. The first-order valence-electron chi connectivity index (χ1n) is 7.91. The van der Waals surface area contributed by atoms with Crippen molar-refractivity contribution in [2.75, 3.05) is 10.7 Å². The summed E-state index contributed by atoms with van der Waals surface area (Å²) in [7, 11) is 0. The summed E-state index contributed by atoms with van der Waals surface area (Å²) < 4.78 is 0. The second-order valence-electron chi connectivity index (χ2n) is 5.68. The third-order valence-corrected chi connectivity index (χ3v) is 6.37.